The predicted molar refractivity (Wildman–Crippen MR) is 106 cm³/mol. The fourth-order valence-electron chi connectivity index (χ4n) is 3.75. The van der Waals surface area contributed by atoms with Crippen molar-refractivity contribution >= 4 is 0 Å². The molecule has 0 saturated carbocycles. The van der Waals surface area contributed by atoms with Crippen LogP contribution in [0.15, 0.2) is 42.5 Å². The van der Waals surface area contributed by atoms with Crippen LogP contribution in [0.1, 0.15) is 43.0 Å². The third-order valence-corrected chi connectivity index (χ3v) is 5.21. The van der Waals surface area contributed by atoms with E-state index in [-0.39, 0.29) is 5.41 Å². The Bertz CT molecular complexity index is 748. The number of hydrogen-bond donors (Lipinski definition) is 2. The van der Waals surface area contributed by atoms with Crippen LogP contribution in [0.3, 0.4) is 0 Å². The van der Waals surface area contributed by atoms with Gasteiger partial charge in [-0.15, -0.1) is 0 Å². The van der Waals surface area contributed by atoms with E-state index in [4.69, 9.17) is 4.74 Å². The van der Waals surface area contributed by atoms with Crippen LogP contribution in [-0.4, -0.2) is 30.9 Å². The number of aliphatic hydroxyl groups excluding tert-OH is 1. The van der Waals surface area contributed by atoms with Gasteiger partial charge < -0.3 is 14.7 Å². The first-order chi connectivity index (χ1) is 12.3. The van der Waals surface area contributed by atoms with E-state index in [1.807, 2.05) is 6.07 Å². The van der Waals surface area contributed by atoms with Gasteiger partial charge in [-0.2, -0.15) is 0 Å². The van der Waals surface area contributed by atoms with Gasteiger partial charge in [-0.05, 0) is 29.5 Å². The lowest BCUT2D eigenvalue weighted by Crippen LogP contribution is -3.13. The molecule has 0 saturated heterocycles. The second kappa shape index (κ2) is 7.81. The molecule has 26 heavy (non-hydrogen) atoms. The monoisotopic (exact) mass is 354 g/mol. The molecule has 0 radical (unpaired) electrons. The van der Waals surface area contributed by atoms with Crippen molar-refractivity contribution in [3.05, 3.63) is 64.7 Å². The molecule has 3 heteroatoms. The number of rotatable bonds is 5. The van der Waals surface area contributed by atoms with Crippen molar-refractivity contribution in [2.45, 2.75) is 52.2 Å². The lowest BCUT2D eigenvalue weighted by atomic mass is 9.85. The fourth-order valence-corrected chi connectivity index (χ4v) is 3.75. The second-order valence-corrected chi connectivity index (χ2v) is 8.61. The maximum absolute atomic E-state index is 10.5. The molecule has 0 aliphatic carbocycles. The lowest BCUT2D eigenvalue weighted by Gasteiger charge is -2.28. The summed E-state index contributed by atoms with van der Waals surface area (Å²) in [7, 11) is 0. The molecule has 1 aliphatic rings. The number of aryl methyl sites for hydroxylation is 1. The molecule has 0 spiro atoms. The third-order valence-electron chi connectivity index (χ3n) is 5.21. The highest BCUT2D eigenvalue weighted by molar-refractivity contribution is 5.41. The maximum Gasteiger partial charge on any atom is 0.137 e. The molecule has 3 nitrogen and oxygen atoms in total. The first-order valence-corrected chi connectivity index (χ1v) is 9.65. The summed E-state index contributed by atoms with van der Waals surface area (Å²) in [6, 6.07) is 14.9. The summed E-state index contributed by atoms with van der Waals surface area (Å²) >= 11 is 0. The maximum atomic E-state index is 10.5. The van der Waals surface area contributed by atoms with Crippen LogP contribution in [0.4, 0.5) is 0 Å². The summed E-state index contributed by atoms with van der Waals surface area (Å²) < 4.78 is 6.03. The Labute approximate surface area is 157 Å². The minimum Gasteiger partial charge on any atom is -0.490 e. The van der Waals surface area contributed by atoms with E-state index in [0.29, 0.717) is 6.61 Å². The Morgan fingerprint density at radius 1 is 1.12 bits per heavy atom. The van der Waals surface area contributed by atoms with Crippen molar-refractivity contribution in [1.29, 1.82) is 0 Å². The molecule has 3 rings (SSSR count). The quantitative estimate of drug-likeness (QED) is 0.866. The predicted octanol–water partition coefficient (Wildman–Crippen LogP) is 2.67. The van der Waals surface area contributed by atoms with Crippen molar-refractivity contribution in [3.8, 4) is 5.75 Å². The largest absolute Gasteiger partial charge is 0.490 e. The van der Waals surface area contributed by atoms with Crippen LogP contribution in [0.5, 0.6) is 5.75 Å². The molecule has 2 aromatic rings. The van der Waals surface area contributed by atoms with E-state index in [1.165, 1.54) is 27.2 Å². The fraction of sp³-hybridized carbons (Fsp3) is 0.478. The summed E-state index contributed by atoms with van der Waals surface area (Å²) in [4.78, 5) is 1.43. The van der Waals surface area contributed by atoms with Crippen LogP contribution in [0, 0.1) is 6.92 Å². The Balaban J connectivity index is 1.58. The van der Waals surface area contributed by atoms with E-state index < -0.39 is 6.10 Å². The molecule has 0 fully saturated rings. The van der Waals surface area contributed by atoms with E-state index >= 15 is 0 Å². The average Bonchev–Trinajstić information content (AvgIpc) is 2.60. The summed E-state index contributed by atoms with van der Waals surface area (Å²) in [5, 5.41) is 10.5. The number of hydrogen-bond acceptors (Lipinski definition) is 2. The summed E-state index contributed by atoms with van der Waals surface area (Å²) in [5.74, 6) is 0.890. The van der Waals surface area contributed by atoms with Crippen LogP contribution in [0.25, 0.3) is 0 Å². The van der Waals surface area contributed by atoms with Gasteiger partial charge in [0.05, 0.1) is 6.54 Å². The molecule has 1 heterocycles. The van der Waals surface area contributed by atoms with Gasteiger partial charge in [-0.3, -0.25) is 0 Å². The van der Waals surface area contributed by atoms with Gasteiger partial charge in [-0.25, -0.2) is 0 Å². The highest BCUT2D eigenvalue weighted by Gasteiger charge is 2.23. The Morgan fingerprint density at radius 3 is 2.58 bits per heavy atom. The molecule has 2 aromatic carbocycles. The number of aliphatic hydroxyl groups is 1. The zero-order valence-corrected chi connectivity index (χ0v) is 16.5. The number of quaternary nitrogens is 1. The molecule has 0 bridgehead atoms. The molecule has 1 unspecified atom stereocenters. The Kier molecular flexibility index (Phi) is 5.69. The highest BCUT2D eigenvalue weighted by Crippen LogP contribution is 2.32. The number of ether oxygens (including phenoxy) is 1. The van der Waals surface area contributed by atoms with Crippen LogP contribution < -0.4 is 9.64 Å². The van der Waals surface area contributed by atoms with Crippen LogP contribution in [0.2, 0.25) is 0 Å². The van der Waals surface area contributed by atoms with Gasteiger partial charge in [0.25, 0.3) is 0 Å². The van der Waals surface area contributed by atoms with E-state index in [2.05, 4.69) is 64.1 Å². The van der Waals surface area contributed by atoms with Crippen molar-refractivity contribution in [2.24, 2.45) is 0 Å². The molecule has 140 valence electrons. The number of fused-ring (bicyclic) bond motifs is 1. The van der Waals surface area contributed by atoms with Crippen LogP contribution in [-0.2, 0) is 18.4 Å². The zero-order valence-electron chi connectivity index (χ0n) is 16.5. The van der Waals surface area contributed by atoms with Crippen molar-refractivity contribution in [1.82, 2.24) is 0 Å². The Hall–Kier alpha value is -1.84. The third kappa shape index (κ3) is 4.66. The lowest BCUT2D eigenvalue weighted by molar-refractivity contribution is -0.918. The van der Waals surface area contributed by atoms with E-state index in [9.17, 15) is 5.11 Å². The molecule has 0 amide bonds. The SMILES string of the molecule is Cc1ccc(OC[C@@H](O)C[NH+]2CCc3ccccc3C2)c(C(C)(C)C)c1. The molecular formula is C23H32NO2+. The topological polar surface area (TPSA) is 33.9 Å². The smallest absolute Gasteiger partial charge is 0.137 e. The molecule has 2 atom stereocenters. The number of benzene rings is 2. The van der Waals surface area contributed by atoms with Gasteiger partial charge in [0.1, 0.15) is 31.5 Å². The zero-order chi connectivity index (χ0) is 18.7. The minimum absolute atomic E-state index is 0.0220. The first kappa shape index (κ1) is 18.9. The normalized spacial score (nSPS) is 18.3. The molecule has 1 aliphatic heterocycles. The van der Waals surface area contributed by atoms with E-state index in [0.717, 1.165) is 31.8 Å². The van der Waals surface area contributed by atoms with Gasteiger partial charge >= 0.3 is 0 Å². The standard InChI is InChI=1S/C23H31NO2/c1-17-9-10-22(21(13-17)23(2,3)4)26-16-20(25)15-24-12-11-18-7-5-6-8-19(18)14-24/h5-10,13,20,25H,11-12,14-16H2,1-4H3/p+1/t20-/m0/s1. The highest BCUT2D eigenvalue weighted by atomic mass is 16.5. The summed E-state index contributed by atoms with van der Waals surface area (Å²) in [6.07, 6.45) is 0.634. The average molecular weight is 355 g/mol. The minimum atomic E-state index is -0.454. The van der Waals surface area contributed by atoms with Crippen molar-refractivity contribution in [2.75, 3.05) is 19.7 Å². The van der Waals surface area contributed by atoms with Crippen LogP contribution >= 0.6 is 0 Å². The summed E-state index contributed by atoms with van der Waals surface area (Å²) in [5.41, 5.74) is 5.32. The first-order valence-electron chi connectivity index (χ1n) is 9.65. The van der Waals surface area contributed by atoms with Crippen molar-refractivity contribution in [3.63, 3.8) is 0 Å². The van der Waals surface area contributed by atoms with Crippen molar-refractivity contribution < 1.29 is 14.7 Å². The number of nitrogens with one attached hydrogen (secondary N) is 1. The molecular weight excluding hydrogens is 322 g/mol. The Morgan fingerprint density at radius 2 is 1.85 bits per heavy atom. The second-order valence-electron chi connectivity index (χ2n) is 8.61. The van der Waals surface area contributed by atoms with Gasteiger partial charge in [0.2, 0.25) is 0 Å². The summed E-state index contributed by atoms with van der Waals surface area (Å²) in [6.45, 7) is 11.8. The van der Waals surface area contributed by atoms with Gasteiger partial charge in [0, 0.05) is 12.0 Å². The van der Waals surface area contributed by atoms with Gasteiger partial charge in [0.15, 0.2) is 0 Å². The van der Waals surface area contributed by atoms with E-state index in [1.54, 1.807) is 0 Å². The van der Waals surface area contributed by atoms with Gasteiger partial charge in [-0.1, -0.05) is 62.7 Å². The molecule has 2 N–H and O–H groups in total. The molecule has 0 aromatic heterocycles.